The van der Waals surface area contributed by atoms with Crippen LogP contribution in [0, 0.1) is 22.0 Å². The van der Waals surface area contributed by atoms with Gasteiger partial charge in [-0.05, 0) is 31.1 Å². The molecule has 0 radical (unpaired) electrons. The van der Waals surface area contributed by atoms with E-state index in [0.717, 1.165) is 19.3 Å². The van der Waals surface area contributed by atoms with Crippen LogP contribution in [0.25, 0.3) is 0 Å². The quantitative estimate of drug-likeness (QED) is 0.447. The zero-order chi connectivity index (χ0) is 17.3. The monoisotopic (exact) mass is 333 g/mol. The van der Waals surface area contributed by atoms with Crippen LogP contribution in [-0.2, 0) is 0 Å². The Labute approximate surface area is 135 Å². The van der Waals surface area contributed by atoms with Crippen LogP contribution >= 0.6 is 0 Å². The van der Waals surface area contributed by atoms with Crippen LogP contribution in [0.15, 0.2) is 0 Å². The molecule has 3 fully saturated rings. The van der Waals surface area contributed by atoms with Gasteiger partial charge in [0.2, 0.25) is 11.3 Å². The van der Waals surface area contributed by atoms with Gasteiger partial charge in [-0.2, -0.15) is 13.2 Å². The van der Waals surface area contributed by atoms with Crippen molar-refractivity contribution in [3.63, 3.8) is 0 Å². The van der Waals surface area contributed by atoms with E-state index >= 15 is 0 Å². The third-order valence-corrected chi connectivity index (χ3v) is 7.28. The summed E-state index contributed by atoms with van der Waals surface area (Å²) in [7, 11) is 0. The Morgan fingerprint density at radius 3 is 2.17 bits per heavy atom. The number of rotatable bonds is 1. The minimum Gasteiger partial charge on any atom is -0.624 e. The Balaban J connectivity index is 2.18. The van der Waals surface area contributed by atoms with Gasteiger partial charge in [-0.1, -0.05) is 27.2 Å². The summed E-state index contributed by atoms with van der Waals surface area (Å²) in [5.41, 5.74) is -5.42. The van der Waals surface area contributed by atoms with E-state index in [0.29, 0.717) is 30.4 Å². The SMILES string of the molecule is CC1(C)C2CC[C@@]1(C)[C@@](O)(C(F)(F)F)/C2=[N+](\[O-])C1CCCCC1. The van der Waals surface area contributed by atoms with Crippen LogP contribution in [0.4, 0.5) is 13.2 Å². The van der Waals surface area contributed by atoms with Crippen LogP contribution in [0.5, 0.6) is 0 Å². The Morgan fingerprint density at radius 1 is 1.09 bits per heavy atom. The highest BCUT2D eigenvalue weighted by Crippen LogP contribution is 2.71. The molecule has 3 saturated carbocycles. The summed E-state index contributed by atoms with van der Waals surface area (Å²) in [6, 6.07) is -0.425. The summed E-state index contributed by atoms with van der Waals surface area (Å²) in [5, 5.41) is 23.8. The van der Waals surface area contributed by atoms with E-state index in [-0.39, 0.29) is 5.71 Å². The molecule has 3 nitrogen and oxygen atoms in total. The van der Waals surface area contributed by atoms with Crippen molar-refractivity contribution in [2.75, 3.05) is 0 Å². The van der Waals surface area contributed by atoms with Crippen molar-refractivity contribution in [1.82, 2.24) is 0 Å². The van der Waals surface area contributed by atoms with Gasteiger partial charge in [0, 0.05) is 24.2 Å². The van der Waals surface area contributed by atoms with E-state index in [1.807, 2.05) is 0 Å². The lowest BCUT2D eigenvalue weighted by atomic mass is 9.64. The first-order valence-corrected chi connectivity index (χ1v) is 8.61. The summed E-state index contributed by atoms with van der Waals surface area (Å²) in [6.07, 6.45) is -0.00339. The average molecular weight is 333 g/mol. The predicted molar refractivity (Wildman–Crippen MR) is 81.1 cm³/mol. The first kappa shape index (κ1) is 17.1. The van der Waals surface area contributed by atoms with Crippen molar-refractivity contribution in [2.45, 2.75) is 83.5 Å². The fourth-order valence-electron chi connectivity index (χ4n) is 5.44. The van der Waals surface area contributed by atoms with Crippen molar-refractivity contribution in [1.29, 1.82) is 0 Å². The van der Waals surface area contributed by atoms with E-state index in [4.69, 9.17) is 0 Å². The van der Waals surface area contributed by atoms with Gasteiger partial charge >= 0.3 is 6.18 Å². The molecule has 3 aliphatic rings. The fourth-order valence-corrected chi connectivity index (χ4v) is 5.44. The summed E-state index contributed by atoms with van der Waals surface area (Å²) >= 11 is 0. The number of aliphatic hydroxyl groups is 1. The third kappa shape index (κ3) is 1.90. The largest absolute Gasteiger partial charge is 0.624 e. The number of fused-ring (bicyclic) bond motifs is 2. The number of halogens is 3. The first-order valence-electron chi connectivity index (χ1n) is 8.61. The maximum atomic E-state index is 13.9. The minimum atomic E-state index is -4.83. The number of hydrogen-bond acceptors (Lipinski definition) is 2. The van der Waals surface area contributed by atoms with E-state index < -0.39 is 34.6 Å². The smallest absolute Gasteiger partial charge is 0.427 e. The van der Waals surface area contributed by atoms with Gasteiger partial charge in [0.05, 0.1) is 0 Å². The molecule has 1 N–H and O–H groups in total. The molecule has 3 aliphatic carbocycles. The highest BCUT2D eigenvalue weighted by molar-refractivity contribution is 5.97. The molecule has 3 atom stereocenters. The highest BCUT2D eigenvalue weighted by Gasteiger charge is 2.84. The molecular formula is C17H26F3NO2. The molecule has 1 unspecified atom stereocenters. The molecular weight excluding hydrogens is 307 g/mol. The number of nitrogens with zero attached hydrogens (tertiary/aromatic N) is 1. The Kier molecular flexibility index (Phi) is 3.61. The van der Waals surface area contributed by atoms with Crippen LogP contribution in [0.1, 0.15) is 65.7 Å². The van der Waals surface area contributed by atoms with E-state index in [1.54, 1.807) is 13.8 Å². The minimum absolute atomic E-state index is 0.294. The summed E-state index contributed by atoms with van der Waals surface area (Å²) in [5.74, 6) is -0.501. The van der Waals surface area contributed by atoms with E-state index in [1.165, 1.54) is 6.92 Å². The molecule has 0 heterocycles. The maximum absolute atomic E-state index is 13.9. The topological polar surface area (TPSA) is 46.3 Å². The van der Waals surface area contributed by atoms with Crippen LogP contribution in [0.2, 0.25) is 0 Å². The Morgan fingerprint density at radius 2 is 1.65 bits per heavy atom. The molecule has 23 heavy (non-hydrogen) atoms. The van der Waals surface area contributed by atoms with Crippen molar-refractivity contribution in [3.05, 3.63) is 5.21 Å². The highest BCUT2D eigenvalue weighted by atomic mass is 19.4. The summed E-state index contributed by atoms with van der Waals surface area (Å²) in [4.78, 5) is 0. The number of hydrogen-bond donors (Lipinski definition) is 1. The average Bonchev–Trinajstić information content (AvgIpc) is 2.78. The molecule has 3 rings (SSSR count). The summed E-state index contributed by atoms with van der Waals surface area (Å²) < 4.78 is 42.4. The normalized spacial score (nSPS) is 43.0. The lowest BCUT2D eigenvalue weighted by Crippen LogP contribution is -2.63. The lowest BCUT2D eigenvalue weighted by molar-refractivity contribution is -0.515. The number of hydroxylamine groups is 1. The van der Waals surface area contributed by atoms with Gasteiger partial charge < -0.3 is 10.3 Å². The van der Waals surface area contributed by atoms with Crippen LogP contribution in [0.3, 0.4) is 0 Å². The van der Waals surface area contributed by atoms with Crippen LogP contribution in [-0.4, -0.2) is 33.4 Å². The fraction of sp³-hybridized carbons (Fsp3) is 0.941. The van der Waals surface area contributed by atoms with Crippen LogP contribution < -0.4 is 0 Å². The zero-order valence-corrected chi connectivity index (χ0v) is 14.0. The third-order valence-electron chi connectivity index (χ3n) is 7.28. The molecule has 0 saturated heterocycles. The molecule has 2 bridgehead atoms. The molecule has 0 aliphatic heterocycles. The van der Waals surface area contributed by atoms with E-state index in [9.17, 15) is 23.5 Å². The molecule has 6 heteroatoms. The van der Waals surface area contributed by atoms with Gasteiger partial charge in [0.1, 0.15) is 0 Å². The lowest BCUT2D eigenvalue weighted by Gasteiger charge is -2.44. The standard InChI is InChI=1S/C17H26F3NO2/c1-14(2)12-9-10-15(14,3)16(22,17(18,19)20)13(12)21(23)11-7-5-4-6-8-11/h11-12,22H,4-10H2,1-3H3/b21-13-/t12?,15-,16-/m1/s1. The second-order valence-corrected chi connectivity index (χ2v) is 8.36. The second-order valence-electron chi connectivity index (χ2n) is 8.36. The van der Waals surface area contributed by atoms with Crippen molar-refractivity contribution in [3.8, 4) is 0 Å². The molecule has 0 aromatic carbocycles. The van der Waals surface area contributed by atoms with E-state index in [2.05, 4.69) is 0 Å². The predicted octanol–water partition coefficient (Wildman–Crippen LogP) is 4.02. The van der Waals surface area contributed by atoms with Crippen molar-refractivity contribution >= 4 is 5.71 Å². The summed E-state index contributed by atoms with van der Waals surface area (Å²) in [6.45, 7) is 5.04. The van der Waals surface area contributed by atoms with Crippen molar-refractivity contribution in [2.24, 2.45) is 16.7 Å². The molecule has 0 aromatic rings. The number of alkyl halides is 3. The van der Waals surface area contributed by atoms with Crippen molar-refractivity contribution < 1.29 is 23.0 Å². The molecule has 132 valence electrons. The second kappa shape index (κ2) is 4.87. The molecule has 0 aromatic heterocycles. The Hall–Kier alpha value is -0.780. The van der Waals surface area contributed by atoms with Gasteiger partial charge in [-0.3, -0.25) is 0 Å². The zero-order valence-electron chi connectivity index (χ0n) is 14.0. The Bertz CT molecular complexity index is 536. The van der Waals surface area contributed by atoms with Gasteiger partial charge in [0.25, 0.3) is 0 Å². The van der Waals surface area contributed by atoms with Gasteiger partial charge in [-0.15, -0.1) is 0 Å². The maximum Gasteiger partial charge on any atom is 0.427 e. The molecule has 0 amide bonds. The van der Waals surface area contributed by atoms with Gasteiger partial charge in [0.15, 0.2) is 6.04 Å². The molecule has 0 spiro atoms. The first-order chi connectivity index (χ1) is 10.5. The van der Waals surface area contributed by atoms with Gasteiger partial charge in [-0.25, -0.2) is 4.74 Å².